The number of nitrogens with zero attached hydrogens (tertiary/aromatic N) is 3. The van der Waals surface area contributed by atoms with Gasteiger partial charge in [-0.25, -0.2) is 9.59 Å². The second-order valence-corrected chi connectivity index (χ2v) is 15.3. The molecule has 1 fully saturated rings. The van der Waals surface area contributed by atoms with E-state index >= 15 is 0 Å². The van der Waals surface area contributed by atoms with Gasteiger partial charge in [0.05, 0.1) is 18.4 Å². The van der Waals surface area contributed by atoms with E-state index in [4.69, 9.17) is 37.4 Å². The summed E-state index contributed by atoms with van der Waals surface area (Å²) in [5, 5.41) is 17.8. The Kier molecular flexibility index (Phi) is 11.5. The lowest BCUT2D eigenvalue weighted by Crippen LogP contribution is -2.41. The third-order valence-corrected chi connectivity index (χ3v) is 10.1. The molecule has 4 aromatic rings. The number of halogens is 2. The number of fused-ring (bicyclic) bond motifs is 3. The van der Waals surface area contributed by atoms with Gasteiger partial charge >= 0.3 is 18.0 Å². The molecule has 3 atom stereocenters. The second-order valence-electron chi connectivity index (χ2n) is 14.5. The first kappa shape index (κ1) is 38.6. The van der Waals surface area contributed by atoms with Crippen molar-refractivity contribution in [1.29, 1.82) is 0 Å². The number of carboxylic acid groups (broad SMARTS) is 1. The van der Waals surface area contributed by atoms with Crippen LogP contribution in [0.5, 0.6) is 5.75 Å². The van der Waals surface area contributed by atoms with E-state index in [-0.39, 0.29) is 38.2 Å². The summed E-state index contributed by atoms with van der Waals surface area (Å²) in [5.74, 6) is -1.14. The molecule has 3 aromatic carbocycles. The van der Waals surface area contributed by atoms with Crippen LogP contribution in [0.1, 0.15) is 73.0 Å². The molecule has 2 N–H and O–H groups in total. The van der Waals surface area contributed by atoms with Crippen LogP contribution in [0.2, 0.25) is 10.0 Å². The summed E-state index contributed by atoms with van der Waals surface area (Å²) in [7, 11) is 0. The number of amides is 2. The largest absolute Gasteiger partial charge is 0.490 e. The Labute approximate surface area is 323 Å². The number of carbonyl (C=O) groups is 4. The first-order valence-corrected chi connectivity index (χ1v) is 18.5. The minimum absolute atomic E-state index is 0.0802. The third-order valence-electron chi connectivity index (χ3n) is 9.33. The SMILES string of the molecule is Cc1c(Cl)cccc1OCCOC(=O)N1C[C@@H]2C[C@@H]2c2c(-c3cnn(Cc4cc(C(=O)N[C@H](CCC(=O)OC(C)(C)C)C(=O)O)ccc4Cl)c3)cccc21. The van der Waals surface area contributed by atoms with E-state index in [1.54, 1.807) is 54.7 Å². The monoisotopic (exact) mass is 776 g/mol. The van der Waals surface area contributed by atoms with Crippen molar-refractivity contribution in [2.75, 3.05) is 24.7 Å². The highest BCUT2D eigenvalue weighted by atomic mass is 35.5. The smallest absolute Gasteiger partial charge is 0.414 e. The Morgan fingerprint density at radius 3 is 2.57 bits per heavy atom. The molecule has 2 heterocycles. The maximum Gasteiger partial charge on any atom is 0.414 e. The Bertz CT molecular complexity index is 2080. The average Bonchev–Trinajstić information content (AvgIpc) is 3.77. The van der Waals surface area contributed by atoms with Crippen LogP contribution in [0.25, 0.3) is 11.1 Å². The van der Waals surface area contributed by atoms with Gasteiger partial charge in [0.1, 0.15) is 30.6 Å². The summed E-state index contributed by atoms with van der Waals surface area (Å²) < 4.78 is 18.4. The lowest BCUT2D eigenvalue weighted by molar-refractivity contribution is -0.155. The molecule has 0 spiro atoms. The fourth-order valence-electron chi connectivity index (χ4n) is 6.60. The maximum atomic E-state index is 13.3. The van der Waals surface area contributed by atoms with Gasteiger partial charge in [0, 0.05) is 45.9 Å². The van der Waals surface area contributed by atoms with Crippen molar-refractivity contribution in [2.45, 2.75) is 71.1 Å². The Hall–Kier alpha value is -5.07. The van der Waals surface area contributed by atoms with Crippen molar-refractivity contribution in [3.8, 4) is 16.9 Å². The quantitative estimate of drug-likeness (QED) is 0.103. The normalized spacial score (nSPS) is 16.4. The zero-order chi connectivity index (χ0) is 38.7. The molecule has 1 saturated carbocycles. The van der Waals surface area contributed by atoms with Crippen LogP contribution in [0.15, 0.2) is 67.0 Å². The maximum absolute atomic E-state index is 13.3. The Morgan fingerprint density at radius 2 is 1.81 bits per heavy atom. The lowest BCUT2D eigenvalue weighted by Gasteiger charge is -2.29. The number of aliphatic carboxylic acids is 1. The summed E-state index contributed by atoms with van der Waals surface area (Å²) in [5.41, 5.74) is 4.63. The summed E-state index contributed by atoms with van der Waals surface area (Å²) in [4.78, 5) is 52.2. The number of hydrogen-bond acceptors (Lipinski definition) is 8. The summed E-state index contributed by atoms with van der Waals surface area (Å²) in [6, 6.07) is 14.7. The Balaban J connectivity index is 1.11. The van der Waals surface area contributed by atoms with Crippen LogP contribution >= 0.6 is 23.2 Å². The summed E-state index contributed by atoms with van der Waals surface area (Å²) in [6.07, 6.45) is 3.88. The van der Waals surface area contributed by atoms with Gasteiger partial charge in [0.15, 0.2) is 0 Å². The highest BCUT2D eigenvalue weighted by Crippen LogP contribution is 2.57. The van der Waals surface area contributed by atoms with Crippen LogP contribution in [-0.4, -0.2) is 70.2 Å². The number of anilines is 1. The minimum atomic E-state index is -1.29. The van der Waals surface area contributed by atoms with Crippen LogP contribution in [-0.2, 0) is 25.6 Å². The minimum Gasteiger partial charge on any atom is -0.490 e. The highest BCUT2D eigenvalue weighted by Gasteiger charge is 2.48. The lowest BCUT2D eigenvalue weighted by atomic mass is 9.93. The number of aromatic nitrogens is 2. The fraction of sp³-hybridized carbons (Fsp3) is 0.375. The van der Waals surface area contributed by atoms with Gasteiger partial charge in [-0.1, -0.05) is 41.4 Å². The third kappa shape index (κ3) is 9.17. The highest BCUT2D eigenvalue weighted by molar-refractivity contribution is 6.31. The summed E-state index contributed by atoms with van der Waals surface area (Å²) >= 11 is 12.7. The van der Waals surface area contributed by atoms with Crippen molar-refractivity contribution in [2.24, 2.45) is 5.92 Å². The van der Waals surface area contributed by atoms with Crippen molar-refractivity contribution in [1.82, 2.24) is 15.1 Å². The van der Waals surface area contributed by atoms with E-state index in [1.807, 2.05) is 43.5 Å². The van der Waals surface area contributed by atoms with E-state index < -0.39 is 35.6 Å². The first-order chi connectivity index (χ1) is 25.7. The molecule has 14 heteroatoms. The van der Waals surface area contributed by atoms with Crippen molar-refractivity contribution >= 4 is 52.8 Å². The van der Waals surface area contributed by atoms with E-state index in [9.17, 15) is 24.3 Å². The number of carboxylic acids is 1. The molecule has 12 nitrogen and oxygen atoms in total. The first-order valence-electron chi connectivity index (χ1n) is 17.7. The summed E-state index contributed by atoms with van der Waals surface area (Å²) in [6.45, 7) is 8.11. The van der Waals surface area contributed by atoms with Gasteiger partial charge in [0.25, 0.3) is 5.91 Å². The molecule has 0 radical (unpaired) electrons. The molecule has 0 bridgehead atoms. The molecular formula is C40H42Cl2N4O8. The molecule has 0 saturated heterocycles. The molecule has 0 unspecified atom stereocenters. The number of nitrogens with one attached hydrogen (secondary N) is 1. The second kappa shape index (κ2) is 16.1. The van der Waals surface area contributed by atoms with Crippen LogP contribution < -0.4 is 15.0 Å². The van der Waals surface area contributed by atoms with Crippen molar-refractivity contribution in [3.05, 3.63) is 99.3 Å². The van der Waals surface area contributed by atoms with Gasteiger partial charge in [0.2, 0.25) is 0 Å². The van der Waals surface area contributed by atoms with E-state index in [0.29, 0.717) is 39.7 Å². The molecule has 1 aromatic heterocycles. The molecule has 2 aliphatic rings. The predicted molar refractivity (Wildman–Crippen MR) is 203 cm³/mol. The zero-order valence-electron chi connectivity index (χ0n) is 30.4. The number of benzene rings is 3. The number of hydrogen-bond donors (Lipinski definition) is 2. The molecule has 1 aliphatic carbocycles. The van der Waals surface area contributed by atoms with Gasteiger partial charge < -0.3 is 24.6 Å². The molecule has 1 aliphatic heterocycles. The van der Waals surface area contributed by atoms with Crippen LogP contribution in [0.3, 0.4) is 0 Å². The topological polar surface area (TPSA) is 149 Å². The number of carbonyl (C=O) groups excluding carboxylic acids is 3. The van der Waals surface area contributed by atoms with Gasteiger partial charge in [-0.15, -0.1) is 0 Å². The molecular weight excluding hydrogens is 735 g/mol. The molecule has 284 valence electrons. The molecule has 54 heavy (non-hydrogen) atoms. The van der Waals surface area contributed by atoms with E-state index in [1.165, 1.54) is 6.07 Å². The Morgan fingerprint density at radius 1 is 1.04 bits per heavy atom. The van der Waals surface area contributed by atoms with E-state index in [2.05, 4.69) is 10.4 Å². The number of rotatable bonds is 13. The van der Waals surface area contributed by atoms with Gasteiger partial charge in [-0.3, -0.25) is 19.2 Å². The zero-order valence-corrected chi connectivity index (χ0v) is 31.9. The molecule has 6 rings (SSSR count). The van der Waals surface area contributed by atoms with Gasteiger partial charge in [-0.05, 0) is 105 Å². The number of esters is 1. The van der Waals surface area contributed by atoms with Crippen molar-refractivity contribution in [3.63, 3.8) is 0 Å². The average molecular weight is 778 g/mol. The van der Waals surface area contributed by atoms with Crippen LogP contribution in [0, 0.1) is 12.8 Å². The fourth-order valence-corrected chi connectivity index (χ4v) is 6.94. The van der Waals surface area contributed by atoms with E-state index in [0.717, 1.165) is 34.4 Å². The standard InChI is InChI=1S/C40H42Cl2N4O8/c1-23-30(41)8-6-10-34(23)52-15-16-53-39(51)46-22-25-18-29(25)36-28(7-5-9-33(36)46)27-19-43-45(21-27)20-26-17-24(11-12-31(26)42)37(48)44-32(38(49)50)13-14-35(47)54-40(2,3)4/h5-12,17,19,21,25,29,32H,13-16,18,20,22H2,1-4H3,(H,44,48)(H,49,50)/t25-,29-,32+/m0/s1. The predicted octanol–water partition coefficient (Wildman–Crippen LogP) is 7.66. The van der Waals surface area contributed by atoms with Crippen molar-refractivity contribution < 1.29 is 38.5 Å². The number of ether oxygens (including phenoxy) is 3. The van der Waals surface area contributed by atoms with Crippen LogP contribution in [0.4, 0.5) is 10.5 Å². The molecule has 2 amide bonds. The van der Waals surface area contributed by atoms with Gasteiger partial charge in [-0.2, -0.15) is 5.10 Å².